The van der Waals surface area contributed by atoms with Crippen LogP contribution in [-0.4, -0.2) is 0 Å². The lowest BCUT2D eigenvalue weighted by atomic mass is 9.92. The van der Waals surface area contributed by atoms with E-state index in [4.69, 9.17) is 4.42 Å². The highest BCUT2D eigenvalue weighted by Crippen LogP contribution is 2.43. The molecular weight excluding hydrogens is 368 g/mol. The van der Waals surface area contributed by atoms with Crippen LogP contribution in [0.3, 0.4) is 0 Å². The van der Waals surface area contributed by atoms with Crippen molar-refractivity contribution in [1.82, 2.24) is 0 Å². The van der Waals surface area contributed by atoms with Crippen molar-refractivity contribution >= 4 is 21.9 Å². The van der Waals surface area contributed by atoms with Gasteiger partial charge in [-0.15, -0.1) is 0 Å². The number of aromatic nitrogens is 1. The number of fused-ring (bicyclic) bond motifs is 3. The second kappa shape index (κ2) is 6.86. The number of hydrogen-bond donors (Lipinski definition) is 0. The summed E-state index contributed by atoms with van der Waals surface area (Å²) in [6.07, 6.45) is 2.04. The second-order valence-electron chi connectivity index (χ2n) is 7.73. The van der Waals surface area contributed by atoms with Crippen LogP contribution in [0.25, 0.3) is 44.3 Å². The monoisotopic (exact) mass is 389 g/mol. The molecule has 5 rings (SSSR count). The van der Waals surface area contributed by atoms with Gasteiger partial charge in [-0.05, 0) is 48.2 Å². The maximum Gasteiger partial charge on any atom is 0.216 e. The first kappa shape index (κ1) is 18.1. The number of benzene rings is 3. The van der Waals surface area contributed by atoms with Crippen LogP contribution in [0.15, 0.2) is 77.3 Å². The fourth-order valence-corrected chi connectivity index (χ4v) is 4.33. The van der Waals surface area contributed by atoms with Crippen molar-refractivity contribution in [2.24, 2.45) is 7.05 Å². The molecule has 0 aliphatic heterocycles. The average Bonchev–Trinajstić information content (AvgIpc) is 3.14. The molecular formula is C27H21N2O+. The zero-order valence-corrected chi connectivity index (χ0v) is 17.2. The highest BCUT2D eigenvalue weighted by Gasteiger charge is 2.24. The summed E-state index contributed by atoms with van der Waals surface area (Å²) >= 11 is 0. The van der Waals surface area contributed by atoms with Crippen molar-refractivity contribution < 1.29 is 8.98 Å². The molecule has 0 bridgehead atoms. The van der Waals surface area contributed by atoms with Gasteiger partial charge in [0.2, 0.25) is 5.69 Å². The fourth-order valence-electron chi connectivity index (χ4n) is 4.33. The molecule has 0 fully saturated rings. The Hall–Kier alpha value is -3.90. The molecule has 0 radical (unpaired) electrons. The summed E-state index contributed by atoms with van der Waals surface area (Å²) in [5.41, 5.74) is 8.55. The van der Waals surface area contributed by atoms with Crippen LogP contribution in [-0.2, 0) is 7.05 Å². The van der Waals surface area contributed by atoms with Crippen LogP contribution >= 0.6 is 0 Å². The number of aryl methyl sites for hydroxylation is 3. The maximum absolute atomic E-state index is 9.80. The van der Waals surface area contributed by atoms with E-state index >= 15 is 0 Å². The Morgan fingerprint density at radius 3 is 2.37 bits per heavy atom. The van der Waals surface area contributed by atoms with Crippen LogP contribution in [0.2, 0.25) is 0 Å². The highest BCUT2D eigenvalue weighted by atomic mass is 16.3. The largest absolute Gasteiger partial charge is 0.454 e. The number of furan rings is 1. The van der Waals surface area contributed by atoms with Gasteiger partial charge in [0.1, 0.15) is 18.7 Å². The van der Waals surface area contributed by atoms with Crippen LogP contribution in [0, 0.1) is 25.2 Å². The first-order valence-electron chi connectivity index (χ1n) is 10.00. The lowest BCUT2D eigenvalue weighted by Crippen LogP contribution is -2.30. The SMILES string of the molecule is Cc1ccc2c(oc3c(-c4cccc[n+]4C)c(C)cc(-c4ccccc4)c32)c1C#N. The topological polar surface area (TPSA) is 40.8 Å². The Kier molecular flexibility index (Phi) is 4.15. The van der Waals surface area contributed by atoms with Crippen molar-refractivity contribution in [2.45, 2.75) is 13.8 Å². The first-order valence-corrected chi connectivity index (χ1v) is 10.00. The van der Waals surface area contributed by atoms with Gasteiger partial charge in [-0.2, -0.15) is 5.26 Å². The minimum absolute atomic E-state index is 0.601. The van der Waals surface area contributed by atoms with E-state index in [1.54, 1.807) is 0 Å². The molecule has 3 aromatic carbocycles. The molecule has 0 saturated heterocycles. The molecule has 0 amide bonds. The Morgan fingerprint density at radius 1 is 0.867 bits per heavy atom. The summed E-state index contributed by atoms with van der Waals surface area (Å²) in [5.74, 6) is 0. The Labute approximate surface area is 175 Å². The molecule has 0 spiro atoms. The summed E-state index contributed by atoms with van der Waals surface area (Å²) in [6, 6.07) is 25.2. The molecule has 30 heavy (non-hydrogen) atoms. The second-order valence-corrected chi connectivity index (χ2v) is 7.73. The number of pyridine rings is 1. The maximum atomic E-state index is 9.80. The molecule has 0 unspecified atom stereocenters. The predicted molar refractivity (Wildman–Crippen MR) is 120 cm³/mol. The van der Waals surface area contributed by atoms with Crippen LogP contribution in [0.5, 0.6) is 0 Å². The van der Waals surface area contributed by atoms with Crippen molar-refractivity contribution in [1.29, 1.82) is 5.26 Å². The average molecular weight is 389 g/mol. The highest BCUT2D eigenvalue weighted by molar-refractivity contribution is 6.17. The summed E-state index contributed by atoms with van der Waals surface area (Å²) in [5, 5.41) is 11.8. The molecule has 2 heterocycles. The van der Waals surface area contributed by atoms with Gasteiger partial charge in [-0.1, -0.05) is 42.5 Å². The van der Waals surface area contributed by atoms with E-state index in [0.29, 0.717) is 11.1 Å². The molecule has 3 heteroatoms. The third-order valence-electron chi connectivity index (χ3n) is 5.83. The van der Waals surface area contributed by atoms with Gasteiger partial charge in [0.05, 0.1) is 11.1 Å². The van der Waals surface area contributed by atoms with Gasteiger partial charge in [0.25, 0.3) is 0 Å². The van der Waals surface area contributed by atoms with E-state index in [9.17, 15) is 5.26 Å². The van der Waals surface area contributed by atoms with E-state index in [1.165, 1.54) is 0 Å². The van der Waals surface area contributed by atoms with E-state index < -0.39 is 0 Å². The van der Waals surface area contributed by atoms with Crippen molar-refractivity contribution in [2.75, 3.05) is 0 Å². The molecule has 0 saturated carbocycles. The van der Waals surface area contributed by atoms with Crippen molar-refractivity contribution in [3.05, 3.63) is 89.6 Å². The Morgan fingerprint density at radius 2 is 1.63 bits per heavy atom. The third kappa shape index (κ3) is 2.62. The molecule has 0 N–H and O–H groups in total. The molecule has 0 aliphatic carbocycles. The van der Waals surface area contributed by atoms with Gasteiger partial charge in [0.15, 0.2) is 11.8 Å². The Balaban J connectivity index is 2.02. The zero-order valence-electron chi connectivity index (χ0n) is 17.2. The number of rotatable bonds is 2. The summed E-state index contributed by atoms with van der Waals surface area (Å²) < 4.78 is 8.61. The molecule has 0 atom stereocenters. The van der Waals surface area contributed by atoms with Crippen molar-refractivity contribution in [3.8, 4) is 28.5 Å². The zero-order chi connectivity index (χ0) is 20.8. The summed E-state index contributed by atoms with van der Waals surface area (Å²) in [6.45, 7) is 4.07. The number of nitrogens with zero attached hydrogens (tertiary/aromatic N) is 2. The summed E-state index contributed by atoms with van der Waals surface area (Å²) in [7, 11) is 2.04. The molecule has 3 nitrogen and oxygen atoms in total. The minimum atomic E-state index is 0.601. The molecule has 0 aliphatic rings. The van der Waals surface area contributed by atoms with Gasteiger partial charge in [-0.3, -0.25) is 0 Å². The van der Waals surface area contributed by atoms with E-state index in [1.807, 2.05) is 44.4 Å². The standard InChI is InChI=1S/C27H21N2O/c1-17-12-13-20-25-21(19-9-5-4-6-10-19)15-18(2)24(23-11-7-8-14-29(23)3)27(25)30-26(20)22(17)16-28/h4-15H,1-3H3/q+1. The van der Waals surface area contributed by atoms with Crippen LogP contribution < -0.4 is 4.57 Å². The van der Waals surface area contributed by atoms with Gasteiger partial charge >= 0.3 is 0 Å². The predicted octanol–water partition coefficient (Wildman–Crippen LogP) is 6.23. The number of hydrogen-bond acceptors (Lipinski definition) is 2. The number of nitriles is 1. The molecule has 2 aromatic heterocycles. The third-order valence-corrected chi connectivity index (χ3v) is 5.83. The lowest BCUT2D eigenvalue weighted by Gasteiger charge is -2.10. The minimum Gasteiger partial charge on any atom is -0.454 e. The summed E-state index contributed by atoms with van der Waals surface area (Å²) in [4.78, 5) is 0. The Bertz CT molecular complexity index is 1470. The van der Waals surface area contributed by atoms with E-state index in [0.717, 1.165) is 49.9 Å². The van der Waals surface area contributed by atoms with E-state index in [2.05, 4.69) is 60.0 Å². The van der Waals surface area contributed by atoms with Crippen LogP contribution in [0.4, 0.5) is 0 Å². The van der Waals surface area contributed by atoms with E-state index in [-0.39, 0.29) is 0 Å². The normalized spacial score (nSPS) is 11.1. The van der Waals surface area contributed by atoms with Crippen molar-refractivity contribution in [3.63, 3.8) is 0 Å². The smallest absolute Gasteiger partial charge is 0.216 e. The molecule has 144 valence electrons. The first-order chi connectivity index (χ1) is 14.6. The van der Waals surface area contributed by atoms with Gasteiger partial charge < -0.3 is 4.42 Å². The molecule has 5 aromatic rings. The lowest BCUT2D eigenvalue weighted by molar-refractivity contribution is -0.660. The van der Waals surface area contributed by atoms with Crippen LogP contribution in [0.1, 0.15) is 16.7 Å². The van der Waals surface area contributed by atoms with Gasteiger partial charge in [0, 0.05) is 22.9 Å². The fraction of sp³-hybridized carbons (Fsp3) is 0.111. The quantitative estimate of drug-likeness (QED) is 0.336. The van der Waals surface area contributed by atoms with Gasteiger partial charge in [-0.25, -0.2) is 4.57 Å².